The van der Waals surface area contributed by atoms with Crippen LogP contribution in [0.4, 0.5) is 5.69 Å². The Morgan fingerprint density at radius 3 is 2.61 bits per heavy atom. The number of benzene rings is 1. The lowest BCUT2D eigenvalue weighted by Gasteiger charge is -2.19. The minimum Gasteiger partial charge on any atom is -0.465 e. The zero-order valence-corrected chi connectivity index (χ0v) is 10.5. The van der Waals surface area contributed by atoms with Gasteiger partial charge in [0.1, 0.15) is 6.10 Å². The van der Waals surface area contributed by atoms with Gasteiger partial charge in [0.05, 0.1) is 18.8 Å². The number of carbonyl (C=O) groups is 1. The molecule has 0 spiro atoms. The summed E-state index contributed by atoms with van der Waals surface area (Å²) in [6.07, 6.45) is -2.48. The Morgan fingerprint density at radius 1 is 1.50 bits per heavy atom. The topological polar surface area (TPSA) is 119 Å². The maximum absolute atomic E-state index is 11.4. The first kappa shape index (κ1) is 14.7. The van der Waals surface area contributed by atoms with Gasteiger partial charge in [-0.3, -0.25) is 0 Å². The number of nitrogens with two attached hydrogens (primary N) is 2. The van der Waals surface area contributed by atoms with Crippen molar-refractivity contribution >= 4 is 23.3 Å². The van der Waals surface area contributed by atoms with Crippen molar-refractivity contribution in [2.75, 3.05) is 19.4 Å². The van der Waals surface area contributed by atoms with Crippen molar-refractivity contribution in [2.24, 2.45) is 5.73 Å². The smallest absolute Gasteiger partial charge is 0.339 e. The number of hydrogen-bond donors (Lipinski definition) is 4. The van der Waals surface area contributed by atoms with Crippen molar-refractivity contribution in [1.29, 1.82) is 0 Å². The van der Waals surface area contributed by atoms with Crippen LogP contribution in [0.3, 0.4) is 0 Å². The van der Waals surface area contributed by atoms with Gasteiger partial charge in [0.2, 0.25) is 0 Å². The van der Waals surface area contributed by atoms with Gasteiger partial charge < -0.3 is 26.4 Å². The molecule has 0 heterocycles. The summed E-state index contributed by atoms with van der Waals surface area (Å²) in [5.41, 5.74) is 11.2. The summed E-state index contributed by atoms with van der Waals surface area (Å²) in [6.45, 7) is -0.143. The molecule has 0 fully saturated rings. The van der Waals surface area contributed by atoms with E-state index in [1.807, 2.05) is 0 Å². The van der Waals surface area contributed by atoms with Gasteiger partial charge in [-0.05, 0) is 12.1 Å². The largest absolute Gasteiger partial charge is 0.465 e. The number of aliphatic hydroxyl groups is 2. The van der Waals surface area contributed by atoms with E-state index in [-0.39, 0.29) is 28.4 Å². The lowest BCUT2D eigenvalue weighted by molar-refractivity contribution is 0.0243. The van der Waals surface area contributed by atoms with Crippen LogP contribution in [0.5, 0.6) is 0 Å². The molecule has 0 bridgehead atoms. The molecule has 0 aliphatic carbocycles. The number of nitrogen functional groups attached to an aromatic ring is 1. The molecule has 1 aromatic carbocycles. The predicted octanol–water partition coefficient (Wildman–Crippen LogP) is 0.0618. The first-order chi connectivity index (χ1) is 8.42. The van der Waals surface area contributed by atoms with Crippen LogP contribution in [0.1, 0.15) is 22.0 Å². The molecule has 2 atom stereocenters. The molecule has 18 heavy (non-hydrogen) atoms. The summed E-state index contributed by atoms with van der Waals surface area (Å²) in [7, 11) is 1.21. The fourth-order valence-corrected chi connectivity index (χ4v) is 1.74. The van der Waals surface area contributed by atoms with Gasteiger partial charge in [-0.25, -0.2) is 4.79 Å². The van der Waals surface area contributed by atoms with Crippen molar-refractivity contribution < 1.29 is 19.7 Å². The van der Waals surface area contributed by atoms with E-state index in [2.05, 4.69) is 4.74 Å². The number of esters is 1. The van der Waals surface area contributed by atoms with E-state index in [4.69, 9.17) is 23.1 Å². The summed E-state index contributed by atoms with van der Waals surface area (Å²) in [5, 5.41) is 19.5. The quantitative estimate of drug-likeness (QED) is 0.455. The van der Waals surface area contributed by atoms with E-state index in [9.17, 15) is 15.0 Å². The van der Waals surface area contributed by atoms with Crippen LogP contribution < -0.4 is 11.5 Å². The van der Waals surface area contributed by atoms with Crippen molar-refractivity contribution in [3.05, 3.63) is 28.3 Å². The highest BCUT2D eigenvalue weighted by Crippen LogP contribution is 2.30. The number of rotatable bonds is 4. The molecule has 0 saturated carbocycles. The molecule has 100 valence electrons. The van der Waals surface area contributed by atoms with Gasteiger partial charge in [-0.2, -0.15) is 0 Å². The molecule has 2 unspecified atom stereocenters. The molecule has 1 rings (SSSR count). The van der Waals surface area contributed by atoms with Gasteiger partial charge in [0.25, 0.3) is 0 Å². The molecule has 0 aliphatic heterocycles. The molecule has 0 saturated heterocycles. The maximum atomic E-state index is 11.4. The Morgan fingerprint density at radius 2 is 2.11 bits per heavy atom. The highest BCUT2D eigenvalue weighted by molar-refractivity contribution is 6.32. The van der Waals surface area contributed by atoms with E-state index >= 15 is 0 Å². The summed E-state index contributed by atoms with van der Waals surface area (Å²) in [4.78, 5) is 11.4. The summed E-state index contributed by atoms with van der Waals surface area (Å²) in [6, 6.07) is 2.60. The summed E-state index contributed by atoms with van der Waals surface area (Å²) in [5.74, 6) is -0.653. The Labute approximate surface area is 109 Å². The first-order valence-electron chi connectivity index (χ1n) is 5.15. The average Bonchev–Trinajstić information content (AvgIpc) is 2.36. The van der Waals surface area contributed by atoms with Crippen LogP contribution in [0.15, 0.2) is 12.1 Å². The zero-order chi connectivity index (χ0) is 13.9. The molecule has 1 aromatic rings. The van der Waals surface area contributed by atoms with Crippen LogP contribution in [-0.2, 0) is 4.74 Å². The number of hydrogen-bond acceptors (Lipinski definition) is 6. The lowest BCUT2D eigenvalue weighted by Crippen LogP contribution is -2.27. The van der Waals surface area contributed by atoms with Gasteiger partial charge in [0.15, 0.2) is 0 Å². The molecular formula is C11H15ClN2O4. The van der Waals surface area contributed by atoms with Crippen LogP contribution in [0.2, 0.25) is 5.02 Å². The van der Waals surface area contributed by atoms with Crippen molar-refractivity contribution in [2.45, 2.75) is 12.2 Å². The summed E-state index contributed by atoms with van der Waals surface area (Å²) < 4.78 is 4.55. The SMILES string of the molecule is COC(=O)c1cc(C(O)C(O)CN)c(Cl)cc1N. The number of halogens is 1. The fourth-order valence-electron chi connectivity index (χ4n) is 1.45. The molecule has 0 amide bonds. The second-order valence-corrected chi connectivity index (χ2v) is 4.11. The third kappa shape index (κ3) is 2.91. The van der Waals surface area contributed by atoms with Gasteiger partial charge in [0, 0.05) is 22.8 Å². The van der Waals surface area contributed by atoms with Gasteiger partial charge >= 0.3 is 5.97 Å². The van der Waals surface area contributed by atoms with Crippen molar-refractivity contribution in [3.8, 4) is 0 Å². The molecule has 7 heteroatoms. The van der Waals surface area contributed by atoms with E-state index in [1.165, 1.54) is 19.2 Å². The van der Waals surface area contributed by atoms with Crippen molar-refractivity contribution in [1.82, 2.24) is 0 Å². The third-order valence-electron chi connectivity index (χ3n) is 2.50. The van der Waals surface area contributed by atoms with Crippen molar-refractivity contribution in [3.63, 3.8) is 0 Å². The maximum Gasteiger partial charge on any atom is 0.339 e. The second-order valence-electron chi connectivity index (χ2n) is 3.70. The zero-order valence-electron chi connectivity index (χ0n) is 9.76. The highest BCUT2D eigenvalue weighted by atomic mass is 35.5. The number of anilines is 1. The Bertz CT molecular complexity index is 453. The molecule has 6 nitrogen and oxygen atoms in total. The Hall–Kier alpha value is -1.34. The number of methoxy groups -OCH3 is 1. The van der Waals surface area contributed by atoms with Crippen LogP contribution in [0.25, 0.3) is 0 Å². The lowest BCUT2D eigenvalue weighted by atomic mass is 10.0. The van der Waals surface area contributed by atoms with Crippen LogP contribution in [0, 0.1) is 0 Å². The molecule has 0 radical (unpaired) electrons. The van der Waals surface area contributed by atoms with E-state index < -0.39 is 18.2 Å². The van der Waals surface area contributed by atoms with Gasteiger partial charge in [-0.1, -0.05) is 11.6 Å². The van der Waals surface area contributed by atoms with Crippen LogP contribution >= 0.6 is 11.6 Å². The number of carbonyl (C=O) groups excluding carboxylic acids is 1. The first-order valence-corrected chi connectivity index (χ1v) is 5.53. The average molecular weight is 275 g/mol. The summed E-state index contributed by atoms with van der Waals surface area (Å²) >= 11 is 5.90. The molecule has 6 N–H and O–H groups in total. The fraction of sp³-hybridized carbons (Fsp3) is 0.364. The Kier molecular flexibility index (Phi) is 4.92. The minimum atomic E-state index is -1.30. The predicted molar refractivity (Wildman–Crippen MR) is 67.2 cm³/mol. The highest BCUT2D eigenvalue weighted by Gasteiger charge is 2.22. The number of aliphatic hydroxyl groups excluding tert-OH is 2. The molecular weight excluding hydrogens is 260 g/mol. The number of ether oxygens (including phenoxy) is 1. The third-order valence-corrected chi connectivity index (χ3v) is 2.83. The van der Waals surface area contributed by atoms with E-state index in [0.717, 1.165) is 0 Å². The van der Waals surface area contributed by atoms with E-state index in [0.29, 0.717) is 0 Å². The Balaban J connectivity index is 3.24. The monoisotopic (exact) mass is 274 g/mol. The molecule has 0 aliphatic rings. The second kappa shape index (κ2) is 6.01. The normalized spacial score (nSPS) is 14.1. The molecule has 0 aromatic heterocycles. The van der Waals surface area contributed by atoms with E-state index in [1.54, 1.807) is 0 Å². The van der Waals surface area contributed by atoms with Gasteiger partial charge in [-0.15, -0.1) is 0 Å². The minimum absolute atomic E-state index is 0.0696. The van der Waals surface area contributed by atoms with Crippen LogP contribution in [-0.4, -0.2) is 35.9 Å². The standard InChI is InChI=1S/C11H15ClN2O4/c1-18-11(17)6-2-5(7(12)3-8(6)14)10(16)9(15)4-13/h2-3,9-10,15-16H,4,13-14H2,1H3.